The van der Waals surface area contributed by atoms with Crippen LogP contribution in [0.4, 0.5) is 0 Å². The summed E-state index contributed by atoms with van der Waals surface area (Å²) in [5.41, 5.74) is 1.08. The molecule has 0 radical (unpaired) electrons. The molecule has 0 amide bonds. The second-order valence-corrected chi connectivity index (χ2v) is 5.96. The number of carbonyl (C=O) groups is 1. The van der Waals surface area contributed by atoms with Crippen LogP contribution in [0.25, 0.3) is 11.4 Å². The maximum atomic E-state index is 12.5. The third-order valence-electron chi connectivity index (χ3n) is 3.98. The molecule has 0 bridgehead atoms. The minimum atomic E-state index is -0.702. The standard InChI is InChI=1S/C19H17N3O5/c1-12(18-21-17(22-27-18)14-4-2-7-20-11-14)26-19(23)13-5-6-15-16(10-13)25-9-3-8-24-15/h2,4-7,10-12H,3,8-9H2,1H3/t12-/m1/s1. The maximum Gasteiger partial charge on any atom is 0.339 e. The van der Waals surface area contributed by atoms with E-state index in [0.29, 0.717) is 41.7 Å². The average molecular weight is 367 g/mol. The summed E-state index contributed by atoms with van der Waals surface area (Å²) in [6.45, 7) is 2.80. The summed E-state index contributed by atoms with van der Waals surface area (Å²) < 4.78 is 21.8. The summed E-state index contributed by atoms with van der Waals surface area (Å²) in [6.07, 6.45) is 3.38. The third kappa shape index (κ3) is 3.74. The van der Waals surface area contributed by atoms with Gasteiger partial charge in [-0.2, -0.15) is 4.98 Å². The van der Waals surface area contributed by atoms with E-state index in [2.05, 4.69) is 15.1 Å². The summed E-state index contributed by atoms with van der Waals surface area (Å²) in [5, 5.41) is 3.90. The quantitative estimate of drug-likeness (QED) is 0.649. The van der Waals surface area contributed by atoms with Gasteiger partial charge in [-0.3, -0.25) is 4.98 Å². The molecule has 1 aromatic carbocycles. The van der Waals surface area contributed by atoms with Gasteiger partial charge in [-0.15, -0.1) is 0 Å². The van der Waals surface area contributed by atoms with E-state index >= 15 is 0 Å². The summed E-state index contributed by atoms with van der Waals surface area (Å²) in [7, 11) is 0. The molecule has 0 unspecified atom stereocenters. The molecule has 138 valence electrons. The van der Waals surface area contributed by atoms with Crippen LogP contribution in [0.2, 0.25) is 0 Å². The smallest absolute Gasteiger partial charge is 0.339 e. The van der Waals surface area contributed by atoms with Gasteiger partial charge in [0.05, 0.1) is 18.8 Å². The number of fused-ring (bicyclic) bond motifs is 1. The minimum absolute atomic E-state index is 0.205. The monoisotopic (exact) mass is 367 g/mol. The summed E-state index contributed by atoms with van der Waals surface area (Å²) in [6, 6.07) is 8.55. The van der Waals surface area contributed by atoms with Crippen LogP contribution in [0.5, 0.6) is 11.5 Å². The maximum absolute atomic E-state index is 12.5. The molecule has 27 heavy (non-hydrogen) atoms. The van der Waals surface area contributed by atoms with Crippen LogP contribution in [-0.2, 0) is 4.74 Å². The lowest BCUT2D eigenvalue weighted by Crippen LogP contribution is -2.10. The number of ether oxygens (including phenoxy) is 3. The van der Waals surface area contributed by atoms with Gasteiger partial charge in [0, 0.05) is 24.4 Å². The van der Waals surface area contributed by atoms with Gasteiger partial charge in [-0.1, -0.05) is 5.16 Å². The van der Waals surface area contributed by atoms with Crippen LogP contribution in [-0.4, -0.2) is 34.3 Å². The van der Waals surface area contributed by atoms with E-state index in [0.717, 1.165) is 6.42 Å². The number of rotatable bonds is 4. The van der Waals surface area contributed by atoms with Gasteiger partial charge in [0.15, 0.2) is 17.6 Å². The summed E-state index contributed by atoms with van der Waals surface area (Å²) >= 11 is 0. The normalized spacial score (nSPS) is 14.3. The highest BCUT2D eigenvalue weighted by Gasteiger charge is 2.21. The highest BCUT2D eigenvalue weighted by Crippen LogP contribution is 2.31. The first-order chi connectivity index (χ1) is 13.2. The highest BCUT2D eigenvalue weighted by molar-refractivity contribution is 5.90. The first-order valence-electron chi connectivity index (χ1n) is 8.55. The number of pyridine rings is 1. The first-order valence-corrected chi connectivity index (χ1v) is 8.55. The molecule has 8 heteroatoms. The number of nitrogens with zero attached hydrogens (tertiary/aromatic N) is 3. The Morgan fingerprint density at radius 1 is 1.19 bits per heavy atom. The first kappa shape index (κ1) is 17.0. The Morgan fingerprint density at radius 3 is 2.85 bits per heavy atom. The van der Waals surface area contributed by atoms with E-state index in [1.165, 1.54) is 0 Å². The molecular weight excluding hydrogens is 350 g/mol. The SMILES string of the molecule is C[C@@H](OC(=O)c1ccc2c(c1)OCCCO2)c1nc(-c2cccnc2)no1. The Labute approximate surface area is 155 Å². The van der Waals surface area contributed by atoms with Crippen LogP contribution in [0.3, 0.4) is 0 Å². The van der Waals surface area contributed by atoms with Gasteiger partial charge >= 0.3 is 5.97 Å². The number of carbonyl (C=O) groups excluding carboxylic acids is 1. The van der Waals surface area contributed by atoms with Crippen molar-refractivity contribution in [2.24, 2.45) is 0 Å². The molecule has 0 aliphatic carbocycles. The Morgan fingerprint density at radius 2 is 2.04 bits per heavy atom. The second-order valence-electron chi connectivity index (χ2n) is 5.96. The predicted molar refractivity (Wildman–Crippen MR) is 93.4 cm³/mol. The molecule has 1 aliphatic rings. The van der Waals surface area contributed by atoms with Gasteiger partial charge in [0.25, 0.3) is 5.89 Å². The fraction of sp³-hybridized carbons (Fsp3) is 0.263. The molecule has 0 spiro atoms. The largest absolute Gasteiger partial charge is 0.490 e. The number of hydrogen-bond donors (Lipinski definition) is 0. The summed E-state index contributed by atoms with van der Waals surface area (Å²) in [4.78, 5) is 20.7. The van der Waals surface area contributed by atoms with Crippen molar-refractivity contribution >= 4 is 5.97 Å². The molecule has 3 aromatic rings. The van der Waals surface area contributed by atoms with Crippen molar-refractivity contribution in [1.29, 1.82) is 0 Å². The van der Waals surface area contributed by atoms with Crippen molar-refractivity contribution in [2.45, 2.75) is 19.4 Å². The fourth-order valence-electron chi connectivity index (χ4n) is 2.58. The molecular formula is C19H17N3O5. The van der Waals surface area contributed by atoms with E-state index < -0.39 is 12.1 Å². The summed E-state index contributed by atoms with van der Waals surface area (Å²) in [5.74, 6) is 1.23. The van der Waals surface area contributed by atoms with Crippen LogP contribution < -0.4 is 9.47 Å². The average Bonchev–Trinajstić information content (AvgIpc) is 3.08. The zero-order chi connectivity index (χ0) is 18.6. The highest BCUT2D eigenvalue weighted by atomic mass is 16.6. The molecule has 0 saturated heterocycles. The predicted octanol–water partition coefficient (Wildman–Crippen LogP) is 3.21. The molecule has 0 fully saturated rings. The molecule has 2 aromatic heterocycles. The van der Waals surface area contributed by atoms with Gasteiger partial charge in [-0.05, 0) is 37.3 Å². The number of hydrogen-bond acceptors (Lipinski definition) is 8. The second kappa shape index (κ2) is 7.45. The number of esters is 1. The lowest BCUT2D eigenvalue weighted by molar-refractivity contribution is 0.0265. The van der Waals surface area contributed by atoms with Gasteiger partial charge in [0.2, 0.25) is 5.82 Å². The zero-order valence-electron chi connectivity index (χ0n) is 14.6. The number of benzene rings is 1. The van der Waals surface area contributed by atoms with Gasteiger partial charge < -0.3 is 18.7 Å². The van der Waals surface area contributed by atoms with E-state index in [1.807, 2.05) is 6.07 Å². The molecule has 0 saturated carbocycles. The molecule has 1 aliphatic heterocycles. The van der Waals surface area contributed by atoms with Crippen LogP contribution >= 0.6 is 0 Å². The Bertz CT molecular complexity index is 942. The molecule has 0 N–H and O–H groups in total. The van der Waals surface area contributed by atoms with Crippen molar-refractivity contribution in [1.82, 2.24) is 15.1 Å². The Hall–Kier alpha value is -3.42. The van der Waals surface area contributed by atoms with Crippen molar-refractivity contribution in [2.75, 3.05) is 13.2 Å². The molecule has 1 atom stereocenters. The zero-order valence-corrected chi connectivity index (χ0v) is 14.6. The minimum Gasteiger partial charge on any atom is -0.490 e. The van der Waals surface area contributed by atoms with Crippen molar-refractivity contribution in [3.63, 3.8) is 0 Å². The molecule has 3 heterocycles. The molecule has 4 rings (SSSR count). The van der Waals surface area contributed by atoms with E-state index in [4.69, 9.17) is 18.7 Å². The Balaban J connectivity index is 1.47. The van der Waals surface area contributed by atoms with E-state index in [-0.39, 0.29) is 5.89 Å². The number of aromatic nitrogens is 3. The van der Waals surface area contributed by atoms with Crippen LogP contribution in [0.15, 0.2) is 47.2 Å². The van der Waals surface area contributed by atoms with Crippen LogP contribution in [0.1, 0.15) is 35.7 Å². The Kier molecular flexibility index (Phi) is 4.69. The van der Waals surface area contributed by atoms with Crippen molar-refractivity contribution in [3.05, 3.63) is 54.2 Å². The lowest BCUT2D eigenvalue weighted by atomic mass is 10.2. The van der Waals surface area contributed by atoms with Crippen LogP contribution in [0, 0.1) is 0 Å². The fourth-order valence-corrected chi connectivity index (χ4v) is 2.58. The van der Waals surface area contributed by atoms with Gasteiger partial charge in [0.1, 0.15) is 0 Å². The van der Waals surface area contributed by atoms with E-state index in [1.54, 1.807) is 43.6 Å². The van der Waals surface area contributed by atoms with Crippen molar-refractivity contribution < 1.29 is 23.5 Å². The lowest BCUT2D eigenvalue weighted by Gasteiger charge is -2.11. The van der Waals surface area contributed by atoms with E-state index in [9.17, 15) is 4.79 Å². The van der Waals surface area contributed by atoms with Gasteiger partial charge in [-0.25, -0.2) is 4.79 Å². The van der Waals surface area contributed by atoms with Crippen molar-refractivity contribution in [3.8, 4) is 22.9 Å². The topological polar surface area (TPSA) is 96.6 Å². The third-order valence-corrected chi connectivity index (χ3v) is 3.98. The molecule has 8 nitrogen and oxygen atoms in total.